The maximum absolute atomic E-state index is 13.2. The SMILES string of the molecule is CC(C)CN1C2CCCC1CC(NC(=O)Nc1cccc(F)c1)C2. The Morgan fingerprint density at radius 3 is 2.62 bits per heavy atom. The predicted octanol–water partition coefficient (Wildman–Crippen LogP) is 3.99. The number of urea groups is 1. The molecule has 2 fully saturated rings. The van der Waals surface area contributed by atoms with Crippen LogP contribution in [0.1, 0.15) is 46.0 Å². The molecule has 1 aromatic rings. The van der Waals surface area contributed by atoms with Gasteiger partial charge in [0.2, 0.25) is 0 Å². The fraction of sp³-hybridized carbons (Fsp3) is 0.632. The summed E-state index contributed by atoms with van der Waals surface area (Å²) in [7, 11) is 0. The number of anilines is 1. The van der Waals surface area contributed by atoms with Crippen LogP contribution in [0.2, 0.25) is 0 Å². The van der Waals surface area contributed by atoms with Gasteiger partial charge in [-0.15, -0.1) is 0 Å². The van der Waals surface area contributed by atoms with Crippen LogP contribution in [0.3, 0.4) is 0 Å². The van der Waals surface area contributed by atoms with Gasteiger partial charge in [0.05, 0.1) is 0 Å². The highest BCUT2D eigenvalue weighted by atomic mass is 19.1. The third-order valence-corrected chi connectivity index (χ3v) is 5.12. The molecule has 5 heteroatoms. The maximum atomic E-state index is 13.2. The number of fused-ring (bicyclic) bond motifs is 2. The van der Waals surface area contributed by atoms with Gasteiger partial charge < -0.3 is 10.6 Å². The number of amides is 2. The van der Waals surface area contributed by atoms with Crippen molar-refractivity contribution in [2.75, 3.05) is 11.9 Å². The summed E-state index contributed by atoms with van der Waals surface area (Å²) in [6, 6.07) is 7.13. The summed E-state index contributed by atoms with van der Waals surface area (Å²) in [5.41, 5.74) is 0.491. The zero-order chi connectivity index (χ0) is 17.1. The van der Waals surface area contributed by atoms with Crippen molar-refractivity contribution in [2.24, 2.45) is 5.92 Å². The summed E-state index contributed by atoms with van der Waals surface area (Å²) in [5, 5.41) is 5.83. The summed E-state index contributed by atoms with van der Waals surface area (Å²) < 4.78 is 13.2. The van der Waals surface area contributed by atoms with Crippen LogP contribution in [0.4, 0.5) is 14.9 Å². The largest absolute Gasteiger partial charge is 0.335 e. The van der Waals surface area contributed by atoms with Crippen molar-refractivity contribution in [2.45, 2.75) is 64.1 Å². The molecule has 2 saturated heterocycles. The molecular formula is C19H28FN3O. The molecule has 2 aliphatic rings. The third-order valence-electron chi connectivity index (χ3n) is 5.12. The van der Waals surface area contributed by atoms with Crippen LogP contribution in [0.25, 0.3) is 0 Å². The van der Waals surface area contributed by atoms with Gasteiger partial charge in [0, 0.05) is 30.4 Å². The number of hydrogen-bond donors (Lipinski definition) is 2. The Kier molecular flexibility index (Phi) is 5.39. The Balaban J connectivity index is 1.56. The Labute approximate surface area is 143 Å². The summed E-state index contributed by atoms with van der Waals surface area (Å²) in [5.74, 6) is 0.332. The van der Waals surface area contributed by atoms with E-state index in [1.807, 2.05) is 0 Å². The van der Waals surface area contributed by atoms with E-state index >= 15 is 0 Å². The summed E-state index contributed by atoms with van der Waals surface area (Å²) in [4.78, 5) is 14.9. The minimum Gasteiger partial charge on any atom is -0.335 e. The van der Waals surface area contributed by atoms with E-state index in [1.165, 1.54) is 31.4 Å². The van der Waals surface area contributed by atoms with Crippen LogP contribution >= 0.6 is 0 Å². The van der Waals surface area contributed by atoms with Gasteiger partial charge in [-0.3, -0.25) is 4.90 Å². The zero-order valence-electron chi connectivity index (χ0n) is 14.6. The zero-order valence-corrected chi connectivity index (χ0v) is 14.6. The van der Waals surface area contributed by atoms with Crippen molar-refractivity contribution in [3.63, 3.8) is 0 Å². The third kappa shape index (κ3) is 4.26. The monoisotopic (exact) mass is 333 g/mol. The highest BCUT2D eigenvalue weighted by Crippen LogP contribution is 2.34. The first kappa shape index (κ1) is 17.2. The van der Waals surface area contributed by atoms with Gasteiger partial charge in [0.15, 0.2) is 0 Å². The molecule has 0 spiro atoms. The highest BCUT2D eigenvalue weighted by Gasteiger charge is 2.38. The molecule has 2 unspecified atom stereocenters. The lowest BCUT2D eigenvalue weighted by Crippen LogP contribution is -2.58. The summed E-state index contributed by atoms with van der Waals surface area (Å²) in [6.07, 6.45) is 5.78. The molecule has 24 heavy (non-hydrogen) atoms. The molecular weight excluding hydrogens is 305 g/mol. The lowest BCUT2D eigenvalue weighted by molar-refractivity contribution is 0.0180. The van der Waals surface area contributed by atoms with Crippen molar-refractivity contribution in [1.82, 2.24) is 10.2 Å². The molecule has 2 amide bonds. The molecule has 0 aliphatic carbocycles. The number of carbonyl (C=O) groups is 1. The lowest BCUT2D eigenvalue weighted by atomic mass is 9.81. The minimum atomic E-state index is -0.343. The van der Waals surface area contributed by atoms with Crippen LogP contribution in [-0.2, 0) is 0 Å². The quantitative estimate of drug-likeness (QED) is 0.875. The number of benzene rings is 1. The number of carbonyl (C=O) groups excluding carboxylic acids is 1. The average Bonchev–Trinajstić information content (AvgIpc) is 2.47. The Bertz CT molecular complexity index is 563. The van der Waals surface area contributed by atoms with Crippen molar-refractivity contribution < 1.29 is 9.18 Å². The fourth-order valence-electron chi connectivity index (χ4n) is 4.23. The van der Waals surface area contributed by atoms with E-state index in [0.29, 0.717) is 23.7 Å². The first-order valence-electron chi connectivity index (χ1n) is 9.10. The first-order valence-corrected chi connectivity index (χ1v) is 9.10. The molecule has 2 aliphatic heterocycles. The lowest BCUT2D eigenvalue weighted by Gasteiger charge is -2.49. The van der Waals surface area contributed by atoms with Crippen LogP contribution in [0, 0.1) is 11.7 Å². The van der Waals surface area contributed by atoms with Gasteiger partial charge in [0.1, 0.15) is 5.82 Å². The van der Waals surface area contributed by atoms with E-state index in [4.69, 9.17) is 0 Å². The van der Waals surface area contributed by atoms with E-state index < -0.39 is 0 Å². The van der Waals surface area contributed by atoms with Crippen molar-refractivity contribution in [3.05, 3.63) is 30.1 Å². The predicted molar refractivity (Wildman–Crippen MR) is 94.5 cm³/mol. The van der Waals surface area contributed by atoms with Crippen LogP contribution in [0.5, 0.6) is 0 Å². The van der Waals surface area contributed by atoms with E-state index in [0.717, 1.165) is 19.4 Å². The second-order valence-electron chi connectivity index (χ2n) is 7.61. The number of piperidine rings is 2. The van der Waals surface area contributed by atoms with Crippen molar-refractivity contribution in [3.8, 4) is 0 Å². The smallest absolute Gasteiger partial charge is 0.319 e. The molecule has 2 atom stereocenters. The Morgan fingerprint density at radius 1 is 1.29 bits per heavy atom. The normalized spacial score (nSPS) is 27.1. The van der Waals surface area contributed by atoms with E-state index in [1.54, 1.807) is 12.1 Å². The number of hydrogen-bond acceptors (Lipinski definition) is 2. The molecule has 0 radical (unpaired) electrons. The van der Waals surface area contributed by atoms with E-state index in [9.17, 15) is 9.18 Å². The molecule has 2 bridgehead atoms. The molecule has 132 valence electrons. The number of nitrogens with zero attached hydrogens (tertiary/aromatic N) is 1. The molecule has 2 heterocycles. The molecule has 2 N–H and O–H groups in total. The van der Waals surface area contributed by atoms with Crippen molar-refractivity contribution >= 4 is 11.7 Å². The first-order chi connectivity index (χ1) is 11.5. The summed E-state index contributed by atoms with van der Waals surface area (Å²) >= 11 is 0. The Morgan fingerprint density at radius 2 is 2.00 bits per heavy atom. The van der Waals surface area contributed by atoms with Gasteiger partial charge in [-0.05, 0) is 49.8 Å². The standard InChI is InChI=1S/C19H28FN3O/c1-13(2)12-23-17-7-4-8-18(23)11-16(10-17)22-19(24)21-15-6-3-5-14(20)9-15/h3,5-6,9,13,16-18H,4,7-8,10-12H2,1-2H3,(H2,21,22,24). The molecule has 4 nitrogen and oxygen atoms in total. The highest BCUT2D eigenvalue weighted by molar-refractivity contribution is 5.89. The number of rotatable bonds is 4. The van der Waals surface area contributed by atoms with E-state index in [-0.39, 0.29) is 17.9 Å². The number of halogens is 1. The number of nitrogens with one attached hydrogen (secondary N) is 2. The maximum Gasteiger partial charge on any atom is 0.319 e. The van der Waals surface area contributed by atoms with Gasteiger partial charge in [0.25, 0.3) is 0 Å². The molecule has 0 saturated carbocycles. The second kappa shape index (κ2) is 7.51. The van der Waals surface area contributed by atoms with Gasteiger partial charge in [-0.25, -0.2) is 9.18 Å². The molecule has 0 aromatic heterocycles. The van der Waals surface area contributed by atoms with Crippen LogP contribution in [0.15, 0.2) is 24.3 Å². The molecule has 1 aromatic carbocycles. The van der Waals surface area contributed by atoms with Crippen LogP contribution in [-0.4, -0.2) is 35.6 Å². The fourth-order valence-corrected chi connectivity index (χ4v) is 4.23. The van der Waals surface area contributed by atoms with E-state index in [2.05, 4.69) is 29.4 Å². The van der Waals surface area contributed by atoms with Gasteiger partial charge >= 0.3 is 6.03 Å². The van der Waals surface area contributed by atoms with Crippen molar-refractivity contribution in [1.29, 1.82) is 0 Å². The molecule has 3 rings (SSSR count). The minimum absolute atomic E-state index is 0.206. The van der Waals surface area contributed by atoms with Gasteiger partial charge in [-0.2, -0.15) is 0 Å². The Hall–Kier alpha value is -1.62. The topological polar surface area (TPSA) is 44.4 Å². The second-order valence-corrected chi connectivity index (χ2v) is 7.61. The average molecular weight is 333 g/mol. The van der Waals surface area contributed by atoms with Gasteiger partial charge in [-0.1, -0.05) is 26.3 Å². The van der Waals surface area contributed by atoms with Crippen LogP contribution < -0.4 is 10.6 Å². The summed E-state index contributed by atoms with van der Waals surface area (Å²) in [6.45, 7) is 5.69.